The number of nitrogens with zero attached hydrogens (tertiary/aromatic N) is 2. The molecule has 3 nitrogen and oxygen atoms in total. The maximum absolute atomic E-state index is 9.27. The van der Waals surface area contributed by atoms with Gasteiger partial charge in [0.25, 0.3) is 0 Å². The lowest BCUT2D eigenvalue weighted by Crippen LogP contribution is -2.12. The molecule has 94 valence electrons. The zero-order valence-electron chi connectivity index (χ0n) is 10.5. The lowest BCUT2D eigenvalue weighted by molar-refractivity contribution is 0.675. The van der Waals surface area contributed by atoms with Gasteiger partial charge >= 0.3 is 0 Å². The molecule has 0 aliphatic heterocycles. The Labute approximate surface area is 112 Å². The molecule has 0 saturated heterocycles. The van der Waals surface area contributed by atoms with Gasteiger partial charge in [-0.2, -0.15) is 17.0 Å². The van der Waals surface area contributed by atoms with Gasteiger partial charge in [-0.25, -0.2) is 0 Å². The van der Waals surface area contributed by atoms with E-state index in [1.165, 1.54) is 0 Å². The molecule has 2 rings (SSSR count). The van der Waals surface area contributed by atoms with Crippen molar-refractivity contribution >= 4 is 17.3 Å². The number of fused-ring (bicyclic) bond motifs is 1. The molecular weight excluding hydrogens is 242 g/mol. The van der Waals surface area contributed by atoms with Gasteiger partial charge < -0.3 is 10.1 Å². The molecule has 4 heteroatoms. The monoisotopic (exact) mass is 259 g/mol. The molecule has 0 radical (unpaired) electrons. The van der Waals surface area contributed by atoms with Crippen molar-refractivity contribution in [3.05, 3.63) is 41.7 Å². The smallest absolute Gasteiger partial charge is 0.102 e. The van der Waals surface area contributed by atoms with E-state index < -0.39 is 0 Å². The van der Waals surface area contributed by atoms with Gasteiger partial charge in [-0.3, -0.25) is 0 Å². The summed E-state index contributed by atoms with van der Waals surface area (Å²) < 4.78 is 2.01. The van der Waals surface area contributed by atoms with Crippen molar-refractivity contribution in [2.75, 3.05) is 12.3 Å². The number of nitriles is 1. The van der Waals surface area contributed by atoms with E-state index in [0.29, 0.717) is 5.92 Å². The Morgan fingerprint density at radius 2 is 2.33 bits per heavy atom. The first kappa shape index (κ1) is 13.0. The topological polar surface area (TPSA) is 54.2 Å². The molecule has 0 saturated carbocycles. The van der Waals surface area contributed by atoms with Gasteiger partial charge in [0.15, 0.2) is 0 Å². The second-order valence-corrected chi connectivity index (χ2v) is 5.52. The first-order chi connectivity index (χ1) is 8.76. The first-order valence-corrected chi connectivity index (χ1v) is 7.18. The summed E-state index contributed by atoms with van der Waals surface area (Å²) in [5.41, 5.74) is 8.49. The summed E-state index contributed by atoms with van der Waals surface area (Å²) >= 11 is 1.84. The van der Waals surface area contributed by atoms with Crippen molar-refractivity contribution in [3.8, 4) is 6.07 Å². The van der Waals surface area contributed by atoms with Crippen LogP contribution in [0.1, 0.15) is 18.1 Å². The standard InChI is InChI=1S/C14H17N3S/c1-11(6-15)9-18-10-12-8-17-5-3-2-4-14(17)13(12)7-16/h2-5,8,11H,6,9-10,15H2,1H3. The highest BCUT2D eigenvalue weighted by Crippen LogP contribution is 2.23. The van der Waals surface area contributed by atoms with Crippen molar-refractivity contribution in [3.63, 3.8) is 0 Å². The third-order valence-corrected chi connectivity index (χ3v) is 4.26. The van der Waals surface area contributed by atoms with Crippen LogP contribution in [-0.4, -0.2) is 16.7 Å². The van der Waals surface area contributed by atoms with Gasteiger partial charge in [-0.05, 0) is 35.9 Å². The molecule has 2 aromatic rings. The lowest BCUT2D eigenvalue weighted by atomic mass is 10.2. The molecule has 18 heavy (non-hydrogen) atoms. The number of pyridine rings is 1. The number of hydrogen-bond donors (Lipinski definition) is 1. The van der Waals surface area contributed by atoms with E-state index >= 15 is 0 Å². The fourth-order valence-electron chi connectivity index (χ4n) is 1.85. The average Bonchev–Trinajstić information content (AvgIpc) is 2.75. The Kier molecular flexibility index (Phi) is 4.29. The first-order valence-electron chi connectivity index (χ1n) is 6.02. The highest BCUT2D eigenvalue weighted by Gasteiger charge is 2.10. The largest absolute Gasteiger partial charge is 0.330 e. The minimum absolute atomic E-state index is 0.526. The van der Waals surface area contributed by atoms with Crippen LogP contribution in [0.2, 0.25) is 0 Å². The molecular formula is C14H17N3S. The van der Waals surface area contributed by atoms with Crippen LogP contribution in [-0.2, 0) is 5.75 Å². The van der Waals surface area contributed by atoms with Gasteiger partial charge in [0, 0.05) is 18.1 Å². The predicted octanol–water partition coefficient (Wildman–Crippen LogP) is 2.64. The van der Waals surface area contributed by atoms with Crippen LogP contribution in [0, 0.1) is 17.2 Å². The van der Waals surface area contributed by atoms with Crippen LogP contribution in [0.3, 0.4) is 0 Å². The van der Waals surface area contributed by atoms with Gasteiger partial charge in [0.05, 0.1) is 11.1 Å². The number of thioether (sulfide) groups is 1. The molecule has 0 amide bonds. The Bertz CT molecular complexity index is 568. The van der Waals surface area contributed by atoms with Crippen LogP contribution >= 0.6 is 11.8 Å². The average molecular weight is 259 g/mol. The summed E-state index contributed by atoms with van der Waals surface area (Å²) in [6, 6.07) is 8.23. The summed E-state index contributed by atoms with van der Waals surface area (Å²) in [7, 11) is 0. The summed E-state index contributed by atoms with van der Waals surface area (Å²) in [6.07, 6.45) is 4.03. The number of rotatable bonds is 5. The van der Waals surface area contributed by atoms with Crippen molar-refractivity contribution in [1.29, 1.82) is 5.26 Å². The second-order valence-electron chi connectivity index (χ2n) is 4.49. The van der Waals surface area contributed by atoms with Crippen molar-refractivity contribution in [2.24, 2.45) is 11.7 Å². The molecule has 2 aromatic heterocycles. The van der Waals surface area contributed by atoms with Crippen LogP contribution in [0.25, 0.3) is 5.52 Å². The Hall–Kier alpha value is -1.44. The Balaban J connectivity index is 2.16. The highest BCUT2D eigenvalue weighted by molar-refractivity contribution is 7.98. The van der Waals surface area contributed by atoms with Crippen molar-refractivity contribution in [1.82, 2.24) is 4.40 Å². The van der Waals surface area contributed by atoms with Crippen molar-refractivity contribution in [2.45, 2.75) is 12.7 Å². The third-order valence-electron chi connectivity index (χ3n) is 2.94. The van der Waals surface area contributed by atoms with E-state index in [4.69, 9.17) is 5.73 Å². The summed E-state index contributed by atoms with van der Waals surface area (Å²) in [5.74, 6) is 2.43. The van der Waals surface area contributed by atoms with E-state index in [1.54, 1.807) is 0 Å². The fourth-order valence-corrected chi connectivity index (χ4v) is 2.95. The van der Waals surface area contributed by atoms with Gasteiger partial charge in [0.1, 0.15) is 6.07 Å². The predicted molar refractivity (Wildman–Crippen MR) is 76.5 cm³/mol. The Morgan fingerprint density at radius 3 is 3.06 bits per heavy atom. The Morgan fingerprint density at radius 1 is 1.50 bits per heavy atom. The van der Waals surface area contributed by atoms with Gasteiger partial charge in [-0.15, -0.1) is 0 Å². The zero-order valence-corrected chi connectivity index (χ0v) is 11.3. The number of hydrogen-bond acceptors (Lipinski definition) is 3. The molecule has 0 aliphatic rings. The maximum Gasteiger partial charge on any atom is 0.102 e. The zero-order chi connectivity index (χ0) is 13.0. The second kappa shape index (κ2) is 5.94. The molecule has 1 atom stereocenters. The molecule has 1 unspecified atom stereocenters. The van der Waals surface area contributed by atoms with Crippen LogP contribution in [0.15, 0.2) is 30.6 Å². The van der Waals surface area contributed by atoms with Crippen LogP contribution in [0.4, 0.5) is 0 Å². The third kappa shape index (κ3) is 2.69. The number of aromatic nitrogens is 1. The van der Waals surface area contributed by atoms with Gasteiger partial charge in [-0.1, -0.05) is 13.0 Å². The minimum Gasteiger partial charge on any atom is -0.330 e. The van der Waals surface area contributed by atoms with E-state index in [0.717, 1.165) is 34.7 Å². The van der Waals surface area contributed by atoms with E-state index in [1.807, 2.05) is 46.8 Å². The lowest BCUT2D eigenvalue weighted by Gasteiger charge is -2.06. The summed E-state index contributed by atoms with van der Waals surface area (Å²) in [4.78, 5) is 0. The SMILES string of the molecule is CC(CN)CSCc1cn2ccccc2c1C#N. The van der Waals surface area contributed by atoms with Gasteiger partial charge in [0.2, 0.25) is 0 Å². The highest BCUT2D eigenvalue weighted by atomic mass is 32.2. The minimum atomic E-state index is 0.526. The molecule has 0 aromatic carbocycles. The normalized spacial score (nSPS) is 12.5. The fraction of sp³-hybridized carbons (Fsp3) is 0.357. The molecule has 0 aliphatic carbocycles. The maximum atomic E-state index is 9.27. The van der Waals surface area contributed by atoms with E-state index in [2.05, 4.69) is 13.0 Å². The molecule has 0 spiro atoms. The number of nitrogens with two attached hydrogens (primary N) is 1. The van der Waals surface area contributed by atoms with Crippen LogP contribution in [0.5, 0.6) is 0 Å². The van der Waals surface area contributed by atoms with E-state index in [9.17, 15) is 5.26 Å². The molecule has 0 fully saturated rings. The van der Waals surface area contributed by atoms with E-state index in [-0.39, 0.29) is 0 Å². The quantitative estimate of drug-likeness (QED) is 0.898. The molecule has 0 bridgehead atoms. The summed E-state index contributed by atoms with van der Waals surface area (Å²) in [6.45, 7) is 2.87. The molecule has 2 N–H and O–H groups in total. The molecule has 2 heterocycles. The summed E-state index contributed by atoms with van der Waals surface area (Å²) in [5, 5.41) is 9.27. The van der Waals surface area contributed by atoms with Crippen molar-refractivity contribution < 1.29 is 0 Å². The van der Waals surface area contributed by atoms with Crippen LogP contribution < -0.4 is 5.73 Å².